The molecule has 1 aliphatic heterocycles. The van der Waals surface area contributed by atoms with Crippen LogP contribution in [0.25, 0.3) is 43.7 Å². The van der Waals surface area contributed by atoms with Gasteiger partial charge in [-0.2, -0.15) is 4.98 Å². The Morgan fingerprint density at radius 1 is 1.17 bits per heavy atom. The lowest BCUT2D eigenvalue weighted by atomic mass is 9.98. The molecule has 0 bridgehead atoms. The first-order chi connectivity index (χ1) is 20.3. The molecule has 4 heterocycles. The van der Waals surface area contributed by atoms with Crippen molar-refractivity contribution in [2.75, 3.05) is 24.5 Å². The molecule has 0 saturated carbocycles. The van der Waals surface area contributed by atoms with Crippen molar-refractivity contribution in [2.24, 2.45) is 0 Å². The Hall–Kier alpha value is -4.22. The Labute approximate surface area is 246 Å². The van der Waals surface area contributed by atoms with Crippen LogP contribution < -0.4 is 10.6 Å². The summed E-state index contributed by atoms with van der Waals surface area (Å²) in [4.78, 5) is 40.4. The summed E-state index contributed by atoms with van der Waals surface area (Å²) >= 11 is 0. The molecule has 3 aromatic heterocycles. The SMILES string of the molecule is C=CC(=O)N1CCN(c2nc(=O)n(-c3c(C)ccnc3C(C)C)c3c4c5c(cc23)[pH]c2cccc(c25)C=CC4)[C@@H](C)C1. The second-order valence-electron chi connectivity index (χ2n) is 11.8. The number of hydrogen-bond acceptors (Lipinski definition) is 5. The van der Waals surface area contributed by atoms with E-state index in [2.05, 4.69) is 68.7 Å². The first kappa shape index (κ1) is 26.7. The minimum Gasteiger partial charge on any atom is -0.350 e. The normalized spacial score (nSPS) is 16.9. The second-order valence-corrected chi connectivity index (χ2v) is 13.1. The average molecular weight is 576 g/mol. The van der Waals surface area contributed by atoms with E-state index >= 15 is 0 Å². The number of carbonyl (C=O) groups is 1. The summed E-state index contributed by atoms with van der Waals surface area (Å²) in [6, 6.07) is 10.8. The highest BCUT2D eigenvalue weighted by Gasteiger charge is 2.31. The van der Waals surface area contributed by atoms with E-state index in [0.29, 0.717) is 40.1 Å². The van der Waals surface area contributed by atoms with E-state index in [-0.39, 0.29) is 23.6 Å². The van der Waals surface area contributed by atoms with Gasteiger partial charge in [-0.25, -0.2) is 4.79 Å². The van der Waals surface area contributed by atoms with E-state index in [1.54, 1.807) is 0 Å². The maximum absolute atomic E-state index is 14.4. The summed E-state index contributed by atoms with van der Waals surface area (Å²) in [6.45, 7) is 13.7. The lowest BCUT2D eigenvalue weighted by Crippen LogP contribution is -2.54. The fraction of sp³-hybridized carbons (Fsp3) is 0.294. The number of fused-ring (bicyclic) bond motifs is 2. The molecule has 42 heavy (non-hydrogen) atoms. The van der Waals surface area contributed by atoms with Crippen LogP contribution in [0, 0.1) is 6.92 Å². The Morgan fingerprint density at radius 3 is 2.76 bits per heavy atom. The molecule has 1 fully saturated rings. The number of hydrogen-bond donors (Lipinski definition) is 0. The number of piperazine rings is 1. The van der Waals surface area contributed by atoms with Crippen molar-refractivity contribution in [1.82, 2.24) is 19.4 Å². The van der Waals surface area contributed by atoms with E-state index in [9.17, 15) is 9.59 Å². The van der Waals surface area contributed by atoms with Gasteiger partial charge in [0.2, 0.25) is 5.91 Å². The van der Waals surface area contributed by atoms with Gasteiger partial charge < -0.3 is 9.80 Å². The van der Waals surface area contributed by atoms with Gasteiger partial charge in [-0.15, -0.1) is 8.19 Å². The van der Waals surface area contributed by atoms with Gasteiger partial charge in [0.15, 0.2) is 0 Å². The highest BCUT2D eigenvalue weighted by atomic mass is 31.0. The summed E-state index contributed by atoms with van der Waals surface area (Å²) in [7, 11) is 0.544. The molecular formula is C34H34N5O2P. The number of aryl methyl sites for hydroxylation is 1. The number of nitrogens with zero attached hydrogens (tertiary/aromatic N) is 5. The van der Waals surface area contributed by atoms with Crippen molar-refractivity contribution in [2.45, 2.75) is 46.1 Å². The third-order valence-electron chi connectivity index (χ3n) is 8.80. The van der Waals surface area contributed by atoms with Crippen LogP contribution in [0.3, 0.4) is 0 Å². The van der Waals surface area contributed by atoms with Gasteiger partial charge in [-0.3, -0.25) is 14.3 Å². The largest absolute Gasteiger partial charge is 0.354 e. The Balaban J connectivity index is 1.60. The second kappa shape index (κ2) is 9.95. The van der Waals surface area contributed by atoms with E-state index in [4.69, 9.17) is 9.97 Å². The molecule has 2 aliphatic rings. The van der Waals surface area contributed by atoms with E-state index in [1.165, 1.54) is 38.2 Å². The van der Waals surface area contributed by atoms with Gasteiger partial charge in [0.1, 0.15) is 5.82 Å². The minimum atomic E-state index is -0.300. The molecule has 7 rings (SSSR count). The smallest absolute Gasteiger partial charge is 0.350 e. The monoisotopic (exact) mass is 575 g/mol. The number of carbonyl (C=O) groups excluding carboxylic acids is 1. The number of amides is 1. The van der Waals surface area contributed by atoms with E-state index in [1.807, 2.05) is 28.7 Å². The van der Waals surface area contributed by atoms with Crippen molar-refractivity contribution in [3.63, 3.8) is 0 Å². The number of allylic oxidation sites excluding steroid dienone is 1. The summed E-state index contributed by atoms with van der Waals surface area (Å²) in [5, 5.41) is 6.19. The fourth-order valence-corrected chi connectivity index (χ4v) is 8.37. The molecule has 1 saturated heterocycles. The molecule has 0 spiro atoms. The zero-order valence-corrected chi connectivity index (χ0v) is 25.4. The maximum Gasteiger partial charge on any atom is 0.354 e. The molecule has 1 unspecified atom stereocenters. The van der Waals surface area contributed by atoms with Crippen LogP contribution in [0.1, 0.15) is 49.1 Å². The third kappa shape index (κ3) is 3.94. The standard InChI is InChI=1S/C34H34N5O2P/c1-6-27(40)37-15-16-38(21(5)18-37)33-24-17-26-29-23(11-7-9-22-10-8-12-25(42-26)28(22)29)32(24)39(34(41)36-33)31-20(4)13-14-35-30(31)19(2)3/h6-10,12-14,17,19,21,42H,1,11,15-16,18H2,2-5H3/t21-/m0/s1. The third-order valence-corrected chi connectivity index (χ3v) is 10.2. The lowest BCUT2D eigenvalue weighted by molar-refractivity contribution is -0.126. The van der Waals surface area contributed by atoms with Crippen molar-refractivity contribution >= 4 is 57.9 Å². The molecule has 2 aromatic carbocycles. The Kier molecular flexibility index (Phi) is 6.32. The summed E-state index contributed by atoms with van der Waals surface area (Å²) in [5.41, 5.74) is 5.73. The maximum atomic E-state index is 14.4. The predicted octanol–water partition coefficient (Wildman–Crippen LogP) is 6.34. The van der Waals surface area contributed by atoms with Gasteiger partial charge in [0, 0.05) is 52.9 Å². The van der Waals surface area contributed by atoms with Crippen LogP contribution in [0.15, 0.2) is 60.1 Å². The van der Waals surface area contributed by atoms with Crippen LogP contribution in [-0.2, 0) is 11.2 Å². The highest BCUT2D eigenvalue weighted by Crippen LogP contribution is 2.47. The van der Waals surface area contributed by atoms with Crippen molar-refractivity contribution in [1.29, 1.82) is 0 Å². The van der Waals surface area contributed by atoms with Crippen LogP contribution >= 0.6 is 8.19 Å². The quantitative estimate of drug-likeness (QED) is 0.234. The lowest BCUT2D eigenvalue weighted by Gasteiger charge is -2.40. The zero-order valence-electron chi connectivity index (χ0n) is 24.4. The Bertz CT molecular complexity index is 2040. The van der Waals surface area contributed by atoms with Gasteiger partial charge in [0.25, 0.3) is 0 Å². The van der Waals surface area contributed by atoms with Crippen molar-refractivity contribution < 1.29 is 4.79 Å². The molecule has 8 heteroatoms. The molecule has 212 valence electrons. The molecule has 0 N–H and O–H groups in total. The summed E-state index contributed by atoms with van der Waals surface area (Å²) < 4.78 is 1.84. The zero-order chi connectivity index (χ0) is 29.3. The van der Waals surface area contributed by atoms with Gasteiger partial charge in [-0.05, 0) is 66.5 Å². The van der Waals surface area contributed by atoms with Crippen molar-refractivity contribution in [3.05, 3.63) is 88.1 Å². The Morgan fingerprint density at radius 2 is 2.00 bits per heavy atom. The van der Waals surface area contributed by atoms with Crippen LogP contribution in [0.5, 0.6) is 0 Å². The number of aromatic nitrogens is 3. The first-order valence-electron chi connectivity index (χ1n) is 14.6. The van der Waals surface area contributed by atoms with Crippen LogP contribution in [-0.4, -0.2) is 51.0 Å². The topological polar surface area (TPSA) is 71.3 Å². The van der Waals surface area contributed by atoms with Gasteiger partial charge >= 0.3 is 5.69 Å². The summed E-state index contributed by atoms with van der Waals surface area (Å²) in [5.74, 6) is 0.757. The molecular weight excluding hydrogens is 541 g/mol. The first-order valence-corrected chi connectivity index (χ1v) is 15.6. The van der Waals surface area contributed by atoms with Gasteiger partial charge in [-0.1, -0.05) is 50.8 Å². The minimum absolute atomic E-state index is 0.0153. The number of rotatable bonds is 4. The highest BCUT2D eigenvalue weighted by molar-refractivity contribution is 7.44. The van der Waals surface area contributed by atoms with Crippen LogP contribution in [0.2, 0.25) is 0 Å². The van der Waals surface area contributed by atoms with E-state index in [0.717, 1.165) is 27.8 Å². The molecule has 2 atom stereocenters. The average Bonchev–Trinajstić information content (AvgIpc) is 3.23. The van der Waals surface area contributed by atoms with E-state index < -0.39 is 0 Å². The number of pyridine rings is 1. The molecule has 7 nitrogen and oxygen atoms in total. The fourth-order valence-electron chi connectivity index (χ4n) is 6.89. The van der Waals surface area contributed by atoms with Crippen LogP contribution in [0.4, 0.5) is 5.82 Å². The number of benzene rings is 2. The molecule has 5 aromatic rings. The molecule has 0 radical (unpaired) electrons. The van der Waals surface area contributed by atoms with Crippen molar-refractivity contribution in [3.8, 4) is 5.69 Å². The summed E-state index contributed by atoms with van der Waals surface area (Å²) in [6.07, 6.45) is 8.37. The molecule has 1 amide bonds. The predicted molar refractivity (Wildman–Crippen MR) is 175 cm³/mol. The van der Waals surface area contributed by atoms with Gasteiger partial charge in [0.05, 0.1) is 16.9 Å². The molecule has 1 aliphatic carbocycles. The number of anilines is 1.